The summed E-state index contributed by atoms with van der Waals surface area (Å²) in [6, 6.07) is -0.482. The van der Waals surface area contributed by atoms with E-state index in [0.29, 0.717) is 39.1 Å². The molecule has 1 aliphatic heterocycles. The molecule has 1 rings (SSSR count). The normalized spacial score (nSPS) is 18.4. The Balaban J connectivity index is 2.22. The van der Waals surface area contributed by atoms with Gasteiger partial charge in [0.1, 0.15) is 0 Å². The maximum absolute atomic E-state index is 11.9. The molecule has 0 radical (unpaired) electrons. The van der Waals surface area contributed by atoms with E-state index in [-0.39, 0.29) is 17.8 Å². The van der Waals surface area contributed by atoms with Crippen LogP contribution in [-0.4, -0.2) is 49.0 Å². The summed E-state index contributed by atoms with van der Waals surface area (Å²) in [7, 11) is 0. The number of hydrogen-bond acceptors (Lipinski definition) is 4. The summed E-state index contributed by atoms with van der Waals surface area (Å²) in [6.07, 6.45) is 2.39. The molecule has 1 aliphatic rings. The van der Waals surface area contributed by atoms with E-state index in [0.717, 1.165) is 12.8 Å². The van der Waals surface area contributed by atoms with Gasteiger partial charge in [0.25, 0.3) is 0 Å². The molecule has 3 N–H and O–H groups in total. The lowest BCUT2D eigenvalue weighted by Crippen LogP contribution is -2.47. The number of likely N-dealkylation sites (tertiary alicyclic amines) is 1. The first kappa shape index (κ1) is 16.3. The zero-order chi connectivity index (χ0) is 15.0. The number of nitrogens with two attached hydrogens (primary N) is 1. The zero-order valence-corrected chi connectivity index (χ0v) is 11.9. The minimum atomic E-state index is -0.482. The highest BCUT2D eigenvalue weighted by Gasteiger charge is 2.27. The van der Waals surface area contributed by atoms with Crippen molar-refractivity contribution in [2.45, 2.75) is 32.6 Å². The highest BCUT2D eigenvalue weighted by molar-refractivity contribution is 5.80. The number of rotatable bonds is 6. The third kappa shape index (κ3) is 5.46. The number of nitrogens with zero attached hydrogens (tertiary/aromatic N) is 1. The highest BCUT2D eigenvalue weighted by atomic mass is 16.5. The van der Waals surface area contributed by atoms with Gasteiger partial charge in [0.15, 0.2) is 0 Å². The first-order valence-electron chi connectivity index (χ1n) is 7.02. The monoisotopic (exact) mass is 285 g/mol. The lowest BCUT2D eigenvalue weighted by Gasteiger charge is -2.30. The Hall–Kier alpha value is -1.79. The molecule has 114 valence electrons. The van der Waals surface area contributed by atoms with Crippen LogP contribution in [0.4, 0.5) is 4.79 Å². The largest absolute Gasteiger partial charge is 0.466 e. The fourth-order valence-corrected chi connectivity index (χ4v) is 2.21. The number of ether oxygens (including phenoxy) is 1. The summed E-state index contributed by atoms with van der Waals surface area (Å²) < 4.78 is 4.80. The molecule has 0 aromatic rings. The number of carbonyl (C=O) groups excluding carboxylic acids is 3. The summed E-state index contributed by atoms with van der Waals surface area (Å²) in [5.74, 6) is -0.544. The van der Waals surface area contributed by atoms with Crippen LogP contribution in [0.2, 0.25) is 0 Å². The van der Waals surface area contributed by atoms with Gasteiger partial charge in [0.05, 0.1) is 12.5 Å². The molecule has 1 saturated heterocycles. The number of carbonyl (C=O) groups is 3. The number of piperidine rings is 1. The standard InChI is InChI=1S/C13H23N3O4/c1-2-20-11(17)6-3-7-15-12(18)10-5-4-8-16(9-10)13(14)19/h10H,2-9H2,1H3,(H2,14,19)(H,15,18). The molecule has 3 amide bonds. The maximum atomic E-state index is 11.9. The minimum absolute atomic E-state index is 0.0835. The van der Waals surface area contributed by atoms with Crippen molar-refractivity contribution in [2.24, 2.45) is 11.7 Å². The van der Waals surface area contributed by atoms with Crippen LogP contribution in [0.25, 0.3) is 0 Å². The summed E-state index contributed by atoms with van der Waals surface area (Å²) in [6.45, 7) is 3.55. The van der Waals surface area contributed by atoms with Gasteiger partial charge in [-0.05, 0) is 26.2 Å². The SMILES string of the molecule is CCOC(=O)CCCNC(=O)C1CCCN(C(N)=O)C1. The van der Waals surface area contributed by atoms with Crippen LogP contribution in [0.15, 0.2) is 0 Å². The molecule has 0 aliphatic carbocycles. The van der Waals surface area contributed by atoms with Gasteiger partial charge in [0, 0.05) is 26.1 Å². The van der Waals surface area contributed by atoms with Crippen LogP contribution in [0.1, 0.15) is 32.6 Å². The third-order valence-electron chi connectivity index (χ3n) is 3.27. The van der Waals surface area contributed by atoms with Crippen LogP contribution in [-0.2, 0) is 14.3 Å². The molecule has 20 heavy (non-hydrogen) atoms. The van der Waals surface area contributed by atoms with Crippen molar-refractivity contribution in [3.63, 3.8) is 0 Å². The summed E-state index contributed by atoms with van der Waals surface area (Å²) in [5.41, 5.74) is 5.22. The fraction of sp³-hybridized carbons (Fsp3) is 0.769. The molecule has 1 atom stereocenters. The van der Waals surface area contributed by atoms with E-state index in [1.165, 1.54) is 4.90 Å². The molecule has 7 heteroatoms. The average Bonchev–Trinajstić information content (AvgIpc) is 2.43. The molecule has 7 nitrogen and oxygen atoms in total. The quantitative estimate of drug-likeness (QED) is 0.539. The number of esters is 1. The Kier molecular flexibility index (Phi) is 6.83. The van der Waals surface area contributed by atoms with E-state index >= 15 is 0 Å². The van der Waals surface area contributed by atoms with Gasteiger partial charge in [-0.1, -0.05) is 0 Å². The Morgan fingerprint density at radius 2 is 2.15 bits per heavy atom. The van der Waals surface area contributed by atoms with Crippen LogP contribution < -0.4 is 11.1 Å². The second-order valence-corrected chi connectivity index (χ2v) is 4.82. The summed E-state index contributed by atoms with van der Waals surface area (Å²) in [4.78, 5) is 35.6. The maximum Gasteiger partial charge on any atom is 0.314 e. The molecular formula is C13H23N3O4. The van der Waals surface area contributed by atoms with E-state index in [1.54, 1.807) is 6.92 Å². The summed E-state index contributed by atoms with van der Waals surface area (Å²) >= 11 is 0. The molecule has 0 bridgehead atoms. The smallest absolute Gasteiger partial charge is 0.314 e. The predicted octanol–water partition coefficient (Wildman–Crippen LogP) is 0.237. The van der Waals surface area contributed by atoms with Gasteiger partial charge in [-0.15, -0.1) is 0 Å². The van der Waals surface area contributed by atoms with Gasteiger partial charge in [-0.2, -0.15) is 0 Å². The van der Waals surface area contributed by atoms with Gasteiger partial charge in [0.2, 0.25) is 5.91 Å². The molecular weight excluding hydrogens is 262 g/mol. The van der Waals surface area contributed by atoms with Crippen molar-refractivity contribution in [2.75, 3.05) is 26.2 Å². The third-order valence-corrected chi connectivity index (χ3v) is 3.27. The topological polar surface area (TPSA) is 102 Å². The number of amides is 3. The number of hydrogen-bond donors (Lipinski definition) is 2. The van der Waals surface area contributed by atoms with E-state index in [1.807, 2.05) is 0 Å². The molecule has 0 saturated carbocycles. The minimum Gasteiger partial charge on any atom is -0.466 e. The second kappa shape index (κ2) is 8.39. The Morgan fingerprint density at radius 1 is 1.40 bits per heavy atom. The molecule has 1 fully saturated rings. The molecule has 0 aromatic carbocycles. The van der Waals surface area contributed by atoms with Crippen LogP contribution in [0.5, 0.6) is 0 Å². The van der Waals surface area contributed by atoms with Gasteiger partial charge >= 0.3 is 12.0 Å². The number of urea groups is 1. The highest BCUT2D eigenvalue weighted by Crippen LogP contribution is 2.16. The lowest BCUT2D eigenvalue weighted by molar-refractivity contribution is -0.143. The lowest BCUT2D eigenvalue weighted by atomic mass is 9.97. The molecule has 1 heterocycles. The Labute approximate surface area is 118 Å². The predicted molar refractivity (Wildman–Crippen MR) is 72.8 cm³/mol. The van der Waals surface area contributed by atoms with Crippen LogP contribution >= 0.6 is 0 Å². The Bertz CT molecular complexity index is 360. The van der Waals surface area contributed by atoms with Crippen molar-refractivity contribution in [3.8, 4) is 0 Å². The Morgan fingerprint density at radius 3 is 2.80 bits per heavy atom. The summed E-state index contributed by atoms with van der Waals surface area (Å²) in [5, 5.41) is 2.78. The molecule has 0 aromatic heterocycles. The molecule has 0 spiro atoms. The van der Waals surface area contributed by atoms with Crippen molar-refractivity contribution in [3.05, 3.63) is 0 Å². The fourth-order valence-electron chi connectivity index (χ4n) is 2.21. The van der Waals surface area contributed by atoms with Gasteiger partial charge < -0.3 is 20.7 Å². The molecule has 1 unspecified atom stereocenters. The first-order chi connectivity index (χ1) is 9.54. The van der Waals surface area contributed by atoms with Gasteiger partial charge in [-0.25, -0.2) is 4.79 Å². The van der Waals surface area contributed by atoms with E-state index in [2.05, 4.69) is 5.32 Å². The van der Waals surface area contributed by atoms with Crippen molar-refractivity contribution >= 4 is 17.9 Å². The van der Waals surface area contributed by atoms with Crippen molar-refractivity contribution in [1.82, 2.24) is 10.2 Å². The van der Waals surface area contributed by atoms with E-state index in [4.69, 9.17) is 10.5 Å². The van der Waals surface area contributed by atoms with E-state index < -0.39 is 6.03 Å². The van der Waals surface area contributed by atoms with Crippen LogP contribution in [0.3, 0.4) is 0 Å². The zero-order valence-electron chi connectivity index (χ0n) is 11.9. The van der Waals surface area contributed by atoms with E-state index in [9.17, 15) is 14.4 Å². The number of primary amides is 1. The second-order valence-electron chi connectivity index (χ2n) is 4.82. The first-order valence-corrected chi connectivity index (χ1v) is 7.02. The van der Waals surface area contributed by atoms with Gasteiger partial charge in [-0.3, -0.25) is 9.59 Å². The van der Waals surface area contributed by atoms with Crippen molar-refractivity contribution < 1.29 is 19.1 Å². The van der Waals surface area contributed by atoms with Crippen molar-refractivity contribution in [1.29, 1.82) is 0 Å². The van der Waals surface area contributed by atoms with Crippen LogP contribution in [0, 0.1) is 5.92 Å². The average molecular weight is 285 g/mol. The number of nitrogens with one attached hydrogen (secondary N) is 1.